The van der Waals surface area contributed by atoms with E-state index in [2.05, 4.69) is 95.4 Å². The molecule has 7 rings (SSSR count). The summed E-state index contributed by atoms with van der Waals surface area (Å²) >= 11 is 0. The van der Waals surface area contributed by atoms with Crippen LogP contribution in [-0.2, 0) is 0 Å². The number of nitrogens with two attached hydrogens (primary N) is 1. The molecule has 0 radical (unpaired) electrons. The smallest absolute Gasteiger partial charge is 0.186 e. The summed E-state index contributed by atoms with van der Waals surface area (Å²) in [6.45, 7) is 2.90. The van der Waals surface area contributed by atoms with Crippen LogP contribution in [-0.4, -0.2) is 64.3 Å². The molecule has 0 aliphatic carbocycles. The highest BCUT2D eigenvalue weighted by molar-refractivity contribution is 6.04. The van der Waals surface area contributed by atoms with Crippen molar-refractivity contribution in [2.45, 2.75) is 31.3 Å². The van der Waals surface area contributed by atoms with Crippen LogP contribution >= 0.6 is 0 Å². The van der Waals surface area contributed by atoms with Gasteiger partial charge in [-0.3, -0.25) is 4.90 Å². The van der Waals surface area contributed by atoms with Gasteiger partial charge in [-0.1, -0.05) is 48.5 Å². The molecule has 4 heterocycles. The van der Waals surface area contributed by atoms with Gasteiger partial charge in [0, 0.05) is 12.1 Å². The Balaban J connectivity index is 1.08. The lowest BCUT2D eigenvalue weighted by atomic mass is 9.98. The number of hydrogen-bond acceptors (Lipinski definition) is 5. The van der Waals surface area contributed by atoms with Crippen LogP contribution in [0.4, 0.5) is 0 Å². The van der Waals surface area contributed by atoms with Crippen molar-refractivity contribution in [3.8, 4) is 33.6 Å². The Morgan fingerprint density at radius 1 is 0.825 bits per heavy atom. The number of likely N-dealkylation sites (tertiary alicyclic amines) is 1. The predicted octanol–water partition coefficient (Wildman–Crippen LogP) is 4.92. The Morgan fingerprint density at radius 2 is 1.43 bits per heavy atom. The summed E-state index contributed by atoms with van der Waals surface area (Å²) in [6, 6.07) is 22.8. The first-order valence-corrected chi connectivity index (χ1v) is 14.4. The molecule has 2 aliphatic rings. The summed E-state index contributed by atoms with van der Waals surface area (Å²) in [7, 11) is 4.34. The van der Waals surface area contributed by atoms with Gasteiger partial charge in [0.25, 0.3) is 0 Å². The molecule has 0 amide bonds. The van der Waals surface area contributed by atoms with E-state index in [9.17, 15) is 0 Å². The molecule has 202 valence electrons. The maximum absolute atomic E-state index is 5.92. The first kappa shape index (κ1) is 25.3. The minimum Gasteiger partial charge on any atom is -0.341 e. The molecule has 40 heavy (non-hydrogen) atoms. The fraction of sp³-hybridized carbons (Fsp3) is 0.312. The number of H-pyrrole nitrogens is 2. The predicted molar refractivity (Wildman–Crippen MR) is 164 cm³/mol. The number of aromatic nitrogens is 4. The van der Waals surface area contributed by atoms with E-state index in [0.717, 1.165) is 54.7 Å². The van der Waals surface area contributed by atoms with E-state index in [1.165, 1.54) is 40.3 Å². The number of nitrogens with zero attached hydrogens (tertiary/aromatic N) is 4. The van der Waals surface area contributed by atoms with Crippen LogP contribution in [0, 0.1) is 5.92 Å². The van der Waals surface area contributed by atoms with Gasteiger partial charge >= 0.3 is 0 Å². The first-order valence-electron chi connectivity index (χ1n) is 14.4. The Labute approximate surface area is 236 Å². The second-order valence-electron chi connectivity index (χ2n) is 11.6. The zero-order chi connectivity index (χ0) is 27.2. The highest BCUT2D eigenvalue weighted by Crippen LogP contribution is 2.34. The average Bonchev–Trinajstić information content (AvgIpc) is 3.79. The number of aromatic amines is 2. The Kier molecular flexibility index (Phi) is 6.54. The molecular formula is C32H36BN7. The third-order valence-corrected chi connectivity index (χ3v) is 8.99. The van der Waals surface area contributed by atoms with Crippen LogP contribution in [0.5, 0.6) is 0 Å². The maximum Gasteiger partial charge on any atom is 0.186 e. The summed E-state index contributed by atoms with van der Waals surface area (Å²) in [6.07, 6.45) is 7.39. The molecule has 2 aromatic heterocycles. The molecule has 2 saturated heterocycles. The van der Waals surface area contributed by atoms with E-state index in [1.54, 1.807) is 0 Å². The third-order valence-electron chi connectivity index (χ3n) is 8.99. The third kappa shape index (κ3) is 4.66. The quantitative estimate of drug-likeness (QED) is 0.272. The standard InChI is InChI=1S/C32H36BN7/c1-39-19-20(16-34)13-30(39)32-36-17-27(37-32)22-6-4-21(5-7-22)23-8-9-25-15-26(11-10-24(25)14-23)28-18-35-31(38-28)29-3-2-12-40(29)33/h4-11,14-15,17-18,20,29-30H,2-3,12-13,16,19,33-34H2,1H3,(H,35,38)(H,36,37)/t20-,29+,30+/m1/s1. The van der Waals surface area contributed by atoms with Crippen LogP contribution in [0.1, 0.15) is 43.0 Å². The van der Waals surface area contributed by atoms with Crippen molar-refractivity contribution in [3.63, 3.8) is 0 Å². The topological polar surface area (TPSA) is 89.9 Å². The molecule has 0 saturated carbocycles. The van der Waals surface area contributed by atoms with Crippen LogP contribution < -0.4 is 5.73 Å². The number of fused-ring (bicyclic) bond motifs is 1. The van der Waals surface area contributed by atoms with Gasteiger partial charge in [0.2, 0.25) is 0 Å². The Hall–Kier alpha value is -3.72. The maximum atomic E-state index is 5.92. The van der Waals surface area contributed by atoms with Gasteiger partial charge in [-0.15, -0.1) is 0 Å². The van der Waals surface area contributed by atoms with Gasteiger partial charge in [-0.2, -0.15) is 0 Å². The highest BCUT2D eigenvalue weighted by Gasteiger charge is 2.31. The molecule has 0 unspecified atom stereocenters. The zero-order valence-electron chi connectivity index (χ0n) is 23.3. The highest BCUT2D eigenvalue weighted by atomic mass is 15.2. The SMILES string of the molecule is BN1CCC[C@H]1c1ncc(-c2ccc3cc(-c4ccc(-c5cnc([C@@H]6C[C@H](CN)CN6C)[nH]5)cc4)ccc3c2)[nH]1. The van der Waals surface area contributed by atoms with Gasteiger partial charge in [-0.25, -0.2) is 9.97 Å². The summed E-state index contributed by atoms with van der Waals surface area (Å²) in [4.78, 5) is 21.3. The summed E-state index contributed by atoms with van der Waals surface area (Å²) in [5, 5.41) is 2.46. The molecule has 0 bridgehead atoms. The summed E-state index contributed by atoms with van der Waals surface area (Å²) in [5.41, 5.74) is 12.8. The molecule has 2 aliphatic heterocycles. The number of imidazole rings is 2. The average molecular weight is 530 g/mol. The van der Waals surface area contributed by atoms with Crippen LogP contribution in [0.25, 0.3) is 44.4 Å². The fourth-order valence-electron chi connectivity index (χ4n) is 6.59. The molecule has 2 fully saturated rings. The minimum atomic E-state index is 0.309. The second-order valence-corrected chi connectivity index (χ2v) is 11.6. The van der Waals surface area contributed by atoms with E-state index in [1.807, 2.05) is 12.4 Å². The van der Waals surface area contributed by atoms with Crippen molar-refractivity contribution >= 4 is 18.8 Å². The second kappa shape index (κ2) is 10.4. The largest absolute Gasteiger partial charge is 0.341 e. The minimum absolute atomic E-state index is 0.309. The monoisotopic (exact) mass is 529 g/mol. The number of benzene rings is 3. The van der Waals surface area contributed by atoms with E-state index in [4.69, 9.17) is 15.7 Å². The van der Waals surface area contributed by atoms with Gasteiger partial charge < -0.3 is 20.5 Å². The Bertz CT molecular complexity index is 1640. The first-order chi connectivity index (χ1) is 19.6. The number of hydrogen-bond donors (Lipinski definition) is 3. The van der Waals surface area contributed by atoms with Gasteiger partial charge in [0.05, 0.1) is 35.9 Å². The molecule has 8 heteroatoms. The lowest BCUT2D eigenvalue weighted by Crippen LogP contribution is -2.21. The lowest BCUT2D eigenvalue weighted by molar-refractivity contribution is 0.304. The summed E-state index contributed by atoms with van der Waals surface area (Å²) in [5.74, 6) is 2.65. The molecule has 3 aromatic carbocycles. The van der Waals surface area contributed by atoms with Crippen LogP contribution in [0.3, 0.4) is 0 Å². The van der Waals surface area contributed by atoms with E-state index in [-0.39, 0.29) is 0 Å². The van der Waals surface area contributed by atoms with Crippen LogP contribution in [0.15, 0.2) is 73.1 Å². The molecule has 5 aromatic rings. The zero-order valence-corrected chi connectivity index (χ0v) is 23.3. The molecule has 3 atom stereocenters. The number of nitrogens with one attached hydrogen (secondary N) is 2. The summed E-state index contributed by atoms with van der Waals surface area (Å²) < 4.78 is 0. The van der Waals surface area contributed by atoms with Crippen molar-refractivity contribution in [3.05, 3.63) is 84.7 Å². The molecule has 7 nitrogen and oxygen atoms in total. The van der Waals surface area contributed by atoms with Crippen molar-refractivity contribution in [1.29, 1.82) is 0 Å². The fourth-order valence-corrected chi connectivity index (χ4v) is 6.59. The molecule has 4 N–H and O–H groups in total. The van der Waals surface area contributed by atoms with Gasteiger partial charge in [-0.05, 0) is 84.9 Å². The van der Waals surface area contributed by atoms with E-state index in [0.29, 0.717) is 18.0 Å². The van der Waals surface area contributed by atoms with Gasteiger partial charge in [0.15, 0.2) is 7.98 Å². The molecular weight excluding hydrogens is 493 g/mol. The van der Waals surface area contributed by atoms with E-state index >= 15 is 0 Å². The van der Waals surface area contributed by atoms with Crippen molar-refractivity contribution in [2.75, 3.05) is 26.7 Å². The number of rotatable bonds is 6. The lowest BCUT2D eigenvalue weighted by Gasteiger charge is -2.17. The van der Waals surface area contributed by atoms with Crippen molar-refractivity contribution < 1.29 is 0 Å². The van der Waals surface area contributed by atoms with E-state index < -0.39 is 0 Å². The molecule has 0 spiro atoms. The van der Waals surface area contributed by atoms with Crippen molar-refractivity contribution in [1.82, 2.24) is 29.6 Å². The van der Waals surface area contributed by atoms with Gasteiger partial charge in [0.1, 0.15) is 11.6 Å². The van der Waals surface area contributed by atoms with Crippen LogP contribution in [0.2, 0.25) is 0 Å². The van der Waals surface area contributed by atoms with Crippen molar-refractivity contribution in [2.24, 2.45) is 11.7 Å². The Morgan fingerprint density at radius 3 is 2.08 bits per heavy atom. The normalized spacial score (nSPS) is 22.0.